The minimum atomic E-state index is -5.32. The smallest absolute Gasteiger partial charge is 0.440 e. The SMILES string of the molecule is COc1ccc(N2C(=O)N[C@@](NC(=O)c3ccco3)(C(F)(F)F)C2=O)cc1. The molecule has 0 radical (unpaired) electrons. The molecule has 142 valence electrons. The van der Waals surface area contributed by atoms with Crippen LogP contribution in [0, 0.1) is 0 Å². The molecule has 1 aliphatic heterocycles. The first-order valence-electron chi connectivity index (χ1n) is 7.43. The lowest BCUT2D eigenvalue weighted by atomic mass is 10.1. The van der Waals surface area contributed by atoms with Crippen LogP contribution in [0.3, 0.4) is 0 Å². The average molecular weight is 383 g/mol. The van der Waals surface area contributed by atoms with E-state index >= 15 is 0 Å². The molecule has 0 bridgehead atoms. The molecule has 1 saturated heterocycles. The normalized spacial score (nSPS) is 19.8. The lowest BCUT2D eigenvalue weighted by Gasteiger charge is -2.29. The van der Waals surface area contributed by atoms with Crippen LogP contribution in [0.5, 0.6) is 5.75 Å². The molecule has 1 fully saturated rings. The van der Waals surface area contributed by atoms with Crippen LogP contribution in [0.4, 0.5) is 23.7 Å². The molecule has 3 rings (SSSR count). The van der Waals surface area contributed by atoms with Crippen molar-refractivity contribution >= 4 is 23.5 Å². The van der Waals surface area contributed by atoms with E-state index in [1.54, 1.807) is 0 Å². The summed E-state index contributed by atoms with van der Waals surface area (Å²) < 4.78 is 50.8. The van der Waals surface area contributed by atoms with E-state index in [2.05, 4.69) is 0 Å². The Morgan fingerprint density at radius 1 is 1.22 bits per heavy atom. The highest BCUT2D eigenvalue weighted by atomic mass is 19.4. The highest BCUT2D eigenvalue weighted by Crippen LogP contribution is 2.36. The fourth-order valence-electron chi connectivity index (χ4n) is 2.48. The number of imide groups is 1. The second-order valence-electron chi connectivity index (χ2n) is 5.45. The summed E-state index contributed by atoms with van der Waals surface area (Å²) >= 11 is 0. The maximum absolute atomic E-state index is 13.7. The number of ether oxygens (including phenoxy) is 1. The first-order chi connectivity index (χ1) is 12.7. The molecular formula is C16H12F3N3O5. The number of benzene rings is 1. The van der Waals surface area contributed by atoms with Gasteiger partial charge in [-0.25, -0.2) is 9.69 Å². The number of nitrogens with one attached hydrogen (secondary N) is 2. The second kappa shape index (κ2) is 6.34. The van der Waals surface area contributed by atoms with Gasteiger partial charge in [0.25, 0.3) is 17.5 Å². The van der Waals surface area contributed by atoms with Crippen molar-refractivity contribution in [3.63, 3.8) is 0 Å². The molecule has 0 unspecified atom stereocenters. The van der Waals surface area contributed by atoms with Crippen molar-refractivity contribution in [2.75, 3.05) is 12.0 Å². The number of anilines is 1. The van der Waals surface area contributed by atoms with E-state index in [1.807, 2.05) is 0 Å². The van der Waals surface area contributed by atoms with Gasteiger partial charge in [-0.3, -0.25) is 14.9 Å². The number of rotatable bonds is 4. The van der Waals surface area contributed by atoms with Crippen LogP contribution in [0.25, 0.3) is 0 Å². The maximum atomic E-state index is 13.7. The molecule has 1 aromatic heterocycles. The van der Waals surface area contributed by atoms with Gasteiger partial charge in [0.05, 0.1) is 19.1 Å². The molecule has 0 spiro atoms. The topological polar surface area (TPSA) is 101 Å². The van der Waals surface area contributed by atoms with Crippen LogP contribution in [0.15, 0.2) is 47.1 Å². The van der Waals surface area contributed by atoms with Gasteiger partial charge in [-0.1, -0.05) is 0 Å². The van der Waals surface area contributed by atoms with Gasteiger partial charge in [0.1, 0.15) is 5.75 Å². The van der Waals surface area contributed by atoms with E-state index in [4.69, 9.17) is 9.15 Å². The molecule has 4 amide bonds. The average Bonchev–Trinajstić information content (AvgIpc) is 3.23. The lowest BCUT2D eigenvalue weighted by Crippen LogP contribution is -2.69. The minimum Gasteiger partial charge on any atom is -0.497 e. The van der Waals surface area contributed by atoms with Crippen molar-refractivity contribution < 1.29 is 36.7 Å². The molecule has 0 saturated carbocycles. The highest BCUT2D eigenvalue weighted by Gasteiger charge is 2.69. The third kappa shape index (κ3) is 2.96. The van der Waals surface area contributed by atoms with E-state index in [0.717, 1.165) is 12.3 Å². The van der Waals surface area contributed by atoms with Crippen molar-refractivity contribution in [2.24, 2.45) is 0 Å². The number of amides is 4. The number of alkyl halides is 3. The Hall–Kier alpha value is -3.50. The Kier molecular flexibility index (Phi) is 4.30. The number of methoxy groups -OCH3 is 1. The molecule has 1 atom stereocenters. The van der Waals surface area contributed by atoms with Crippen LogP contribution >= 0.6 is 0 Å². The fraction of sp³-hybridized carbons (Fsp3) is 0.188. The predicted molar refractivity (Wildman–Crippen MR) is 84.0 cm³/mol. The molecule has 1 aliphatic rings. The first kappa shape index (κ1) is 18.3. The zero-order valence-corrected chi connectivity index (χ0v) is 13.7. The molecule has 2 N–H and O–H groups in total. The summed E-state index contributed by atoms with van der Waals surface area (Å²) in [7, 11) is 1.38. The summed E-state index contributed by atoms with van der Waals surface area (Å²) in [6.45, 7) is 0. The molecule has 2 heterocycles. The van der Waals surface area contributed by atoms with Crippen LogP contribution < -0.4 is 20.3 Å². The van der Waals surface area contributed by atoms with E-state index in [0.29, 0.717) is 5.75 Å². The summed E-state index contributed by atoms with van der Waals surface area (Å²) in [6, 6.07) is 6.25. The van der Waals surface area contributed by atoms with E-state index in [9.17, 15) is 27.6 Å². The number of nitrogens with zero attached hydrogens (tertiary/aromatic N) is 1. The predicted octanol–water partition coefficient (Wildman–Crippen LogP) is 2.03. The van der Waals surface area contributed by atoms with Crippen molar-refractivity contribution in [3.05, 3.63) is 48.4 Å². The zero-order valence-electron chi connectivity index (χ0n) is 13.7. The van der Waals surface area contributed by atoms with E-state index in [-0.39, 0.29) is 10.6 Å². The molecule has 8 nitrogen and oxygen atoms in total. The Morgan fingerprint density at radius 3 is 2.41 bits per heavy atom. The minimum absolute atomic E-state index is 0.128. The third-order valence-corrected chi connectivity index (χ3v) is 3.82. The summed E-state index contributed by atoms with van der Waals surface area (Å²) in [6.07, 6.45) is -4.24. The summed E-state index contributed by atoms with van der Waals surface area (Å²) in [5.74, 6) is -3.10. The highest BCUT2D eigenvalue weighted by molar-refractivity contribution is 6.24. The molecule has 2 aromatic rings. The van der Waals surface area contributed by atoms with Gasteiger partial charge in [0, 0.05) is 0 Å². The Morgan fingerprint density at radius 2 is 1.89 bits per heavy atom. The zero-order chi connectivity index (χ0) is 19.8. The molecule has 1 aromatic carbocycles. The summed E-state index contributed by atoms with van der Waals surface area (Å²) in [5, 5.41) is 3.07. The maximum Gasteiger partial charge on any atom is 0.440 e. The van der Waals surface area contributed by atoms with Crippen molar-refractivity contribution in [2.45, 2.75) is 11.8 Å². The van der Waals surface area contributed by atoms with E-state index in [1.165, 1.54) is 48.1 Å². The number of furan rings is 1. The van der Waals surface area contributed by atoms with Gasteiger partial charge >= 0.3 is 12.2 Å². The number of hydrogen-bond acceptors (Lipinski definition) is 5. The number of halogens is 3. The summed E-state index contributed by atoms with van der Waals surface area (Å²) in [4.78, 5) is 37.1. The Bertz CT molecular complexity index is 880. The number of carbonyl (C=O) groups excluding carboxylic acids is 3. The largest absolute Gasteiger partial charge is 0.497 e. The standard InChI is InChI=1S/C16H12F3N3O5/c1-26-10-6-4-9(5-7-10)22-13(24)15(16(17,18)19,21-14(22)25)20-12(23)11-3-2-8-27-11/h2-8H,1H3,(H,20,23)(H,21,25)/t15-/m1/s1. The molecule has 11 heteroatoms. The Labute approximate surface area is 149 Å². The number of urea groups is 1. The van der Waals surface area contributed by atoms with Gasteiger partial charge in [-0.05, 0) is 36.4 Å². The van der Waals surface area contributed by atoms with Gasteiger partial charge in [0.15, 0.2) is 5.76 Å². The first-order valence-corrected chi connectivity index (χ1v) is 7.43. The van der Waals surface area contributed by atoms with Crippen molar-refractivity contribution in [3.8, 4) is 5.75 Å². The van der Waals surface area contributed by atoms with Crippen LogP contribution in [0.1, 0.15) is 10.6 Å². The molecule has 0 aliphatic carbocycles. The van der Waals surface area contributed by atoms with Gasteiger partial charge < -0.3 is 14.5 Å². The lowest BCUT2D eigenvalue weighted by molar-refractivity contribution is -0.197. The van der Waals surface area contributed by atoms with Crippen molar-refractivity contribution in [1.82, 2.24) is 10.6 Å². The Balaban J connectivity index is 1.98. The van der Waals surface area contributed by atoms with Gasteiger partial charge in [-0.2, -0.15) is 13.2 Å². The van der Waals surface area contributed by atoms with Crippen molar-refractivity contribution in [1.29, 1.82) is 0 Å². The number of carbonyl (C=O) groups is 3. The van der Waals surface area contributed by atoms with Gasteiger partial charge in [0.2, 0.25) is 0 Å². The van der Waals surface area contributed by atoms with Crippen LogP contribution in [-0.4, -0.2) is 36.8 Å². The van der Waals surface area contributed by atoms with Gasteiger partial charge in [-0.15, -0.1) is 0 Å². The molecule has 27 heavy (non-hydrogen) atoms. The number of hydrogen-bond donors (Lipinski definition) is 2. The van der Waals surface area contributed by atoms with Crippen LogP contribution in [-0.2, 0) is 4.79 Å². The van der Waals surface area contributed by atoms with E-state index < -0.39 is 35.4 Å². The fourth-order valence-corrected chi connectivity index (χ4v) is 2.48. The third-order valence-electron chi connectivity index (χ3n) is 3.82. The summed E-state index contributed by atoms with van der Waals surface area (Å²) in [5.41, 5.74) is -3.76. The quantitative estimate of drug-likeness (QED) is 0.787. The van der Waals surface area contributed by atoms with Crippen LogP contribution in [0.2, 0.25) is 0 Å². The second-order valence-corrected chi connectivity index (χ2v) is 5.45. The molecular weight excluding hydrogens is 371 g/mol. The monoisotopic (exact) mass is 383 g/mol.